The highest BCUT2D eigenvalue weighted by Crippen LogP contribution is 2.31. The van der Waals surface area contributed by atoms with Gasteiger partial charge in [-0.25, -0.2) is 0 Å². The lowest BCUT2D eigenvalue weighted by Gasteiger charge is -2.36. The zero-order valence-corrected chi connectivity index (χ0v) is 28.6. The summed E-state index contributed by atoms with van der Waals surface area (Å²) in [7, 11) is 0. The molecule has 3 aromatic heterocycles. The number of hydrogen-bond acceptors (Lipinski definition) is 7. The molecule has 0 aliphatic carbocycles. The average Bonchev–Trinajstić information content (AvgIpc) is 3.58. The van der Waals surface area contributed by atoms with Crippen molar-refractivity contribution in [3.8, 4) is 11.5 Å². The monoisotopic (exact) mass is 684 g/mol. The van der Waals surface area contributed by atoms with Crippen LogP contribution >= 0.6 is 23.7 Å². The summed E-state index contributed by atoms with van der Waals surface area (Å²) in [5, 5.41) is 5.54. The second-order valence-electron chi connectivity index (χ2n) is 12.2. The molecule has 250 valence electrons. The van der Waals surface area contributed by atoms with Gasteiger partial charge < -0.3 is 23.9 Å². The molecule has 1 aliphatic rings. The molecule has 1 aliphatic heterocycles. The standard InChI is InChI=1S/C38H40N4O4S.ClH/c43-37-14-10-28-8-12-30(26-33(28)39-37)45-24-4-2-18-42-35-27-31(13-9-29(35)11-15-38(42)44)46-23-3-1-17-40-19-21-41(22-20-40)34-6-5-7-36-32(34)16-25-47-36;/h5-16,25-27H,1-4,17-24H2,(H,39,43);1H. The van der Waals surface area contributed by atoms with Crippen LogP contribution in [0.3, 0.4) is 0 Å². The molecule has 1 fully saturated rings. The van der Waals surface area contributed by atoms with Crippen LogP contribution < -0.4 is 25.5 Å². The molecule has 0 bridgehead atoms. The Morgan fingerprint density at radius 3 is 2.23 bits per heavy atom. The molecule has 7 rings (SSSR count). The van der Waals surface area contributed by atoms with Crippen LogP contribution in [0.4, 0.5) is 5.69 Å². The van der Waals surface area contributed by atoms with E-state index in [-0.39, 0.29) is 23.5 Å². The minimum atomic E-state index is -0.132. The third kappa shape index (κ3) is 7.86. The lowest BCUT2D eigenvalue weighted by atomic mass is 10.2. The smallest absolute Gasteiger partial charge is 0.251 e. The van der Waals surface area contributed by atoms with E-state index in [0.29, 0.717) is 25.5 Å². The Morgan fingerprint density at radius 2 is 1.42 bits per heavy atom. The fourth-order valence-corrected chi connectivity index (χ4v) is 7.27. The molecule has 0 atom stereocenters. The molecule has 0 saturated carbocycles. The van der Waals surface area contributed by atoms with E-state index >= 15 is 0 Å². The molecule has 1 saturated heterocycles. The van der Waals surface area contributed by atoms with Gasteiger partial charge in [0.25, 0.3) is 5.56 Å². The van der Waals surface area contributed by atoms with Gasteiger partial charge in [-0.15, -0.1) is 23.7 Å². The predicted molar refractivity (Wildman–Crippen MR) is 200 cm³/mol. The van der Waals surface area contributed by atoms with Crippen LogP contribution in [0.5, 0.6) is 11.5 Å². The van der Waals surface area contributed by atoms with Gasteiger partial charge in [0.2, 0.25) is 5.56 Å². The molecule has 48 heavy (non-hydrogen) atoms. The minimum absolute atomic E-state index is 0. The van der Waals surface area contributed by atoms with E-state index in [4.69, 9.17) is 9.47 Å². The fourth-order valence-electron chi connectivity index (χ4n) is 6.46. The van der Waals surface area contributed by atoms with Crippen LogP contribution in [0.15, 0.2) is 99.9 Å². The number of rotatable bonds is 13. The summed E-state index contributed by atoms with van der Waals surface area (Å²) < 4.78 is 15.3. The molecule has 6 aromatic rings. The third-order valence-electron chi connectivity index (χ3n) is 9.03. The highest BCUT2D eigenvalue weighted by atomic mass is 35.5. The number of aryl methyl sites for hydroxylation is 1. The quantitative estimate of drug-likeness (QED) is 0.129. The lowest BCUT2D eigenvalue weighted by Crippen LogP contribution is -2.46. The second kappa shape index (κ2) is 15.7. The van der Waals surface area contributed by atoms with E-state index in [1.807, 2.05) is 58.4 Å². The molecule has 0 amide bonds. The minimum Gasteiger partial charge on any atom is -0.494 e. The number of halogens is 1. The van der Waals surface area contributed by atoms with Crippen molar-refractivity contribution in [2.45, 2.75) is 32.2 Å². The van der Waals surface area contributed by atoms with E-state index < -0.39 is 0 Å². The van der Waals surface area contributed by atoms with Gasteiger partial charge in [-0.3, -0.25) is 14.5 Å². The average molecular weight is 685 g/mol. The first kappa shape index (κ1) is 33.6. The SMILES string of the molecule is Cl.O=c1ccc2ccc(OCCCCn3c(=O)ccc4ccc(OCCCCN5CCN(c6cccc7sccc67)CC5)cc43)cc2[nH]1. The van der Waals surface area contributed by atoms with Crippen LogP contribution in [-0.2, 0) is 6.54 Å². The highest BCUT2D eigenvalue weighted by molar-refractivity contribution is 7.17. The van der Waals surface area contributed by atoms with Crippen LogP contribution in [0.25, 0.3) is 31.9 Å². The van der Waals surface area contributed by atoms with Crippen LogP contribution in [0, 0.1) is 0 Å². The van der Waals surface area contributed by atoms with Gasteiger partial charge in [0.15, 0.2) is 0 Å². The molecule has 8 nitrogen and oxygen atoms in total. The number of pyridine rings is 2. The van der Waals surface area contributed by atoms with Crippen molar-refractivity contribution in [2.75, 3.05) is 50.8 Å². The summed E-state index contributed by atoms with van der Waals surface area (Å²) in [4.78, 5) is 32.4. The molecular weight excluding hydrogens is 644 g/mol. The first-order valence-corrected chi connectivity index (χ1v) is 17.4. The topological polar surface area (TPSA) is 79.8 Å². The van der Waals surface area contributed by atoms with Crippen molar-refractivity contribution in [3.05, 3.63) is 111 Å². The van der Waals surface area contributed by atoms with Gasteiger partial charge in [0, 0.05) is 72.8 Å². The van der Waals surface area contributed by atoms with E-state index in [9.17, 15) is 9.59 Å². The van der Waals surface area contributed by atoms with Gasteiger partial charge in [0.05, 0.1) is 24.2 Å². The van der Waals surface area contributed by atoms with Crippen LogP contribution in [-0.4, -0.2) is 60.4 Å². The number of ether oxygens (including phenoxy) is 2. The summed E-state index contributed by atoms with van der Waals surface area (Å²) in [6.45, 7) is 7.16. The Labute approximate surface area is 289 Å². The van der Waals surface area contributed by atoms with Gasteiger partial charge >= 0.3 is 0 Å². The van der Waals surface area contributed by atoms with Gasteiger partial charge in [-0.2, -0.15) is 0 Å². The number of unbranched alkanes of at least 4 members (excludes halogenated alkanes) is 2. The Balaban J connectivity index is 0.00000401. The third-order valence-corrected chi connectivity index (χ3v) is 9.91. The summed E-state index contributed by atoms with van der Waals surface area (Å²) in [6.07, 6.45) is 3.67. The largest absolute Gasteiger partial charge is 0.494 e. The summed E-state index contributed by atoms with van der Waals surface area (Å²) >= 11 is 1.81. The van der Waals surface area contributed by atoms with Crippen molar-refractivity contribution in [1.82, 2.24) is 14.5 Å². The Hall–Kier alpha value is -4.31. The number of nitrogens with one attached hydrogen (secondary N) is 1. The Morgan fingerprint density at radius 1 is 0.708 bits per heavy atom. The zero-order chi connectivity index (χ0) is 32.0. The van der Waals surface area contributed by atoms with Crippen molar-refractivity contribution < 1.29 is 9.47 Å². The number of fused-ring (bicyclic) bond motifs is 3. The van der Waals surface area contributed by atoms with E-state index in [1.165, 1.54) is 21.8 Å². The van der Waals surface area contributed by atoms with Gasteiger partial charge in [0.1, 0.15) is 11.5 Å². The molecule has 4 heterocycles. The maximum Gasteiger partial charge on any atom is 0.251 e. The van der Waals surface area contributed by atoms with E-state index in [2.05, 4.69) is 44.4 Å². The molecule has 1 N–H and O–H groups in total. The first-order chi connectivity index (χ1) is 23.1. The zero-order valence-electron chi connectivity index (χ0n) is 26.9. The number of hydrogen-bond donors (Lipinski definition) is 1. The molecule has 3 aromatic carbocycles. The summed E-state index contributed by atoms with van der Waals surface area (Å²) in [5.41, 5.74) is 2.87. The Bertz CT molecular complexity index is 2100. The number of piperazine rings is 1. The molecule has 0 spiro atoms. The maximum atomic E-state index is 12.8. The number of nitrogens with zero attached hydrogens (tertiary/aromatic N) is 3. The predicted octanol–water partition coefficient (Wildman–Crippen LogP) is 7.32. The number of aromatic amines is 1. The Kier molecular flexibility index (Phi) is 11.0. The summed E-state index contributed by atoms with van der Waals surface area (Å²) in [5.74, 6) is 1.51. The van der Waals surface area contributed by atoms with Gasteiger partial charge in [-0.1, -0.05) is 6.07 Å². The fraction of sp³-hybridized carbons (Fsp3) is 0.316. The first-order valence-electron chi connectivity index (χ1n) is 16.6. The lowest BCUT2D eigenvalue weighted by molar-refractivity contribution is 0.239. The van der Waals surface area contributed by atoms with Crippen LogP contribution in [0.2, 0.25) is 0 Å². The van der Waals surface area contributed by atoms with Crippen molar-refractivity contribution in [1.29, 1.82) is 0 Å². The normalized spacial score (nSPS) is 13.6. The second-order valence-corrected chi connectivity index (χ2v) is 13.1. The number of benzene rings is 3. The maximum absolute atomic E-state index is 12.8. The van der Waals surface area contributed by atoms with E-state index in [1.54, 1.807) is 12.1 Å². The molecule has 10 heteroatoms. The number of aromatic nitrogens is 2. The molecular formula is C38H41ClN4O4S. The van der Waals surface area contributed by atoms with Crippen molar-refractivity contribution in [3.63, 3.8) is 0 Å². The van der Waals surface area contributed by atoms with Crippen LogP contribution in [0.1, 0.15) is 25.7 Å². The van der Waals surface area contributed by atoms with E-state index in [0.717, 1.165) is 86.0 Å². The van der Waals surface area contributed by atoms with Gasteiger partial charge in [-0.05, 0) is 103 Å². The molecule has 0 radical (unpaired) electrons. The van der Waals surface area contributed by atoms with Crippen molar-refractivity contribution >= 4 is 61.3 Å². The van der Waals surface area contributed by atoms with Crippen molar-refractivity contribution in [2.24, 2.45) is 0 Å². The number of thiophene rings is 1. The molecule has 0 unspecified atom stereocenters. The number of anilines is 1. The highest BCUT2D eigenvalue weighted by Gasteiger charge is 2.18. The number of H-pyrrole nitrogens is 1. The summed E-state index contributed by atoms with van der Waals surface area (Å²) in [6, 6.07) is 27.4.